The minimum Gasteiger partial charge on any atom is -0.480 e. The molecule has 0 spiro atoms. The second-order valence-electron chi connectivity index (χ2n) is 2.88. The van der Waals surface area contributed by atoms with E-state index in [1.807, 2.05) is 0 Å². The van der Waals surface area contributed by atoms with E-state index in [-0.39, 0.29) is 0 Å². The van der Waals surface area contributed by atoms with E-state index in [9.17, 15) is 14.2 Å². The molecule has 0 aliphatic rings. The number of Topliss-reactive ketones (excluding diaryl/α,β-unsaturated/α-hetero) is 1. The Morgan fingerprint density at radius 1 is 1.43 bits per heavy atom. The first-order valence-corrected chi connectivity index (χ1v) is 5.40. The zero-order chi connectivity index (χ0) is 11.5. The molecule has 0 amide bonds. The number of carboxylic acid groups (broad SMARTS) is 1. The molecule has 0 saturated heterocycles. The topological polar surface area (TPSA) is 138 Å². The smallest absolute Gasteiger partial charge is 0.335 e. The summed E-state index contributed by atoms with van der Waals surface area (Å²) in [5.41, 5.74) is 3.52. The maximum atomic E-state index is 11.1. The minimum atomic E-state index is -4.50. The van der Waals surface area contributed by atoms with E-state index in [0.29, 0.717) is 0 Å². The van der Waals surface area contributed by atoms with Gasteiger partial charge in [0.15, 0.2) is 0 Å². The van der Waals surface area contributed by atoms with Gasteiger partial charge in [0.1, 0.15) is 17.5 Å². The largest absolute Gasteiger partial charge is 0.480 e. The first-order valence-electron chi connectivity index (χ1n) is 3.72. The van der Waals surface area contributed by atoms with Gasteiger partial charge in [-0.25, -0.2) is 0 Å². The van der Waals surface area contributed by atoms with Gasteiger partial charge in [-0.2, -0.15) is 0 Å². The summed E-state index contributed by atoms with van der Waals surface area (Å²) >= 11 is 0. The van der Waals surface area contributed by atoms with Gasteiger partial charge in [-0.05, 0) is 6.92 Å². The second kappa shape index (κ2) is 4.65. The highest BCUT2D eigenvalue weighted by Gasteiger charge is 2.32. The number of rotatable bonds is 5. The van der Waals surface area contributed by atoms with Crippen LogP contribution >= 0.6 is 7.60 Å². The van der Waals surface area contributed by atoms with Crippen LogP contribution < -0.4 is 5.73 Å². The van der Waals surface area contributed by atoms with E-state index in [4.69, 9.17) is 20.6 Å². The van der Waals surface area contributed by atoms with Gasteiger partial charge in [0, 0.05) is 6.42 Å². The first kappa shape index (κ1) is 13.2. The van der Waals surface area contributed by atoms with Crippen molar-refractivity contribution in [3.8, 4) is 0 Å². The maximum absolute atomic E-state index is 11.1. The molecule has 5 N–H and O–H groups in total. The van der Waals surface area contributed by atoms with Crippen LogP contribution in [0, 0.1) is 0 Å². The van der Waals surface area contributed by atoms with Crippen molar-refractivity contribution in [1.82, 2.24) is 0 Å². The summed E-state index contributed by atoms with van der Waals surface area (Å²) in [4.78, 5) is 38.5. The maximum Gasteiger partial charge on any atom is 0.335 e. The lowest BCUT2D eigenvalue weighted by molar-refractivity contribution is -0.140. The van der Waals surface area contributed by atoms with E-state index in [2.05, 4.69) is 0 Å². The minimum absolute atomic E-state index is 0.582. The molecule has 2 atom stereocenters. The predicted octanol–water partition coefficient (Wildman–Crippen LogP) is -1.08. The number of carboxylic acids is 1. The fourth-order valence-corrected chi connectivity index (χ4v) is 1.14. The Bertz CT molecular complexity index is 284. The van der Waals surface area contributed by atoms with Crippen molar-refractivity contribution in [2.75, 3.05) is 0 Å². The van der Waals surface area contributed by atoms with Gasteiger partial charge in [-0.1, -0.05) is 0 Å². The molecule has 0 rings (SSSR count). The Morgan fingerprint density at radius 3 is 2.14 bits per heavy atom. The molecule has 0 bridgehead atoms. The van der Waals surface area contributed by atoms with Crippen molar-refractivity contribution in [3.63, 3.8) is 0 Å². The zero-order valence-electron chi connectivity index (χ0n) is 7.45. The van der Waals surface area contributed by atoms with Crippen LogP contribution in [0.4, 0.5) is 0 Å². The third kappa shape index (κ3) is 3.97. The summed E-state index contributed by atoms with van der Waals surface area (Å²) in [6.07, 6.45) is -0.582. The van der Waals surface area contributed by atoms with Crippen LogP contribution in [0.15, 0.2) is 0 Å². The SMILES string of the molecule is CC(C(=O)C[C@H](N)C(=O)O)P(=O)(O)O. The van der Waals surface area contributed by atoms with Crippen molar-refractivity contribution in [2.45, 2.75) is 25.0 Å². The van der Waals surface area contributed by atoms with Crippen LogP contribution in [0.3, 0.4) is 0 Å². The quantitative estimate of drug-likeness (QED) is 0.436. The monoisotopic (exact) mass is 225 g/mol. The normalized spacial score (nSPS) is 16.0. The number of aliphatic carboxylic acids is 1. The van der Waals surface area contributed by atoms with Crippen molar-refractivity contribution in [2.24, 2.45) is 5.73 Å². The molecule has 0 radical (unpaired) electrons. The van der Waals surface area contributed by atoms with E-state index < -0.39 is 37.5 Å². The molecule has 0 aliphatic heterocycles. The molecular weight excluding hydrogens is 213 g/mol. The van der Waals surface area contributed by atoms with Crippen LogP contribution in [0.25, 0.3) is 0 Å². The highest BCUT2D eigenvalue weighted by Crippen LogP contribution is 2.41. The molecule has 0 heterocycles. The van der Waals surface area contributed by atoms with Gasteiger partial charge < -0.3 is 20.6 Å². The summed E-state index contributed by atoms with van der Waals surface area (Å²) in [6.45, 7) is 1.04. The second-order valence-corrected chi connectivity index (χ2v) is 4.83. The van der Waals surface area contributed by atoms with Crippen LogP contribution in [0.2, 0.25) is 0 Å². The summed E-state index contributed by atoms with van der Waals surface area (Å²) < 4.78 is 10.6. The fraction of sp³-hybridized carbons (Fsp3) is 0.667. The summed E-state index contributed by atoms with van der Waals surface area (Å²) in [6, 6.07) is -1.42. The van der Waals surface area contributed by atoms with Crippen molar-refractivity contribution >= 4 is 19.3 Å². The first-order chi connectivity index (χ1) is 6.16. The van der Waals surface area contributed by atoms with Crippen molar-refractivity contribution < 1.29 is 29.0 Å². The molecular formula is C6H12NO6P. The van der Waals surface area contributed by atoms with Crippen LogP contribution in [0.5, 0.6) is 0 Å². The average molecular weight is 225 g/mol. The number of nitrogens with two attached hydrogens (primary N) is 1. The van der Waals surface area contributed by atoms with Gasteiger partial charge in [0.05, 0.1) is 0 Å². The van der Waals surface area contributed by atoms with Gasteiger partial charge in [-0.15, -0.1) is 0 Å². The predicted molar refractivity (Wildman–Crippen MR) is 46.7 cm³/mol. The van der Waals surface area contributed by atoms with Crippen LogP contribution in [-0.4, -0.2) is 38.3 Å². The third-order valence-corrected chi connectivity index (χ3v) is 3.01. The molecule has 82 valence electrons. The molecule has 0 aromatic rings. The molecule has 14 heavy (non-hydrogen) atoms. The number of carbonyl (C=O) groups is 2. The van der Waals surface area contributed by atoms with Gasteiger partial charge in [0.2, 0.25) is 0 Å². The standard InChI is InChI=1S/C6H12NO6P/c1-3(14(11,12)13)5(8)2-4(7)6(9)10/h3-4H,2,7H2,1H3,(H,9,10)(H2,11,12,13)/t3?,4-/m0/s1. The lowest BCUT2D eigenvalue weighted by atomic mass is 10.1. The number of hydrogen-bond donors (Lipinski definition) is 4. The van der Waals surface area contributed by atoms with Gasteiger partial charge >= 0.3 is 13.6 Å². The third-order valence-electron chi connectivity index (χ3n) is 1.71. The van der Waals surface area contributed by atoms with E-state index in [1.165, 1.54) is 0 Å². The van der Waals surface area contributed by atoms with Crippen LogP contribution in [-0.2, 0) is 14.2 Å². The van der Waals surface area contributed by atoms with E-state index in [0.717, 1.165) is 6.92 Å². The average Bonchev–Trinajstić information content (AvgIpc) is 2.00. The van der Waals surface area contributed by atoms with E-state index in [1.54, 1.807) is 0 Å². The van der Waals surface area contributed by atoms with Crippen molar-refractivity contribution in [1.29, 1.82) is 0 Å². The molecule has 0 aromatic heterocycles. The lowest BCUT2D eigenvalue weighted by Crippen LogP contribution is -2.35. The Kier molecular flexibility index (Phi) is 4.41. The van der Waals surface area contributed by atoms with Crippen molar-refractivity contribution in [3.05, 3.63) is 0 Å². The highest BCUT2D eigenvalue weighted by molar-refractivity contribution is 7.53. The lowest BCUT2D eigenvalue weighted by Gasteiger charge is -2.13. The Hall–Kier alpha value is -0.750. The molecule has 0 fully saturated rings. The highest BCUT2D eigenvalue weighted by atomic mass is 31.2. The number of hydrogen-bond acceptors (Lipinski definition) is 4. The number of ketones is 1. The molecule has 0 saturated carbocycles. The Labute approximate surface area is 80.1 Å². The van der Waals surface area contributed by atoms with Gasteiger partial charge in [-0.3, -0.25) is 14.2 Å². The summed E-state index contributed by atoms with van der Waals surface area (Å²) in [5.74, 6) is -2.23. The summed E-state index contributed by atoms with van der Waals surface area (Å²) in [7, 11) is -4.50. The molecule has 7 nitrogen and oxygen atoms in total. The van der Waals surface area contributed by atoms with Gasteiger partial charge in [0.25, 0.3) is 0 Å². The fourth-order valence-electron chi connectivity index (χ4n) is 0.662. The Balaban J connectivity index is 4.37. The molecule has 0 aliphatic carbocycles. The molecule has 0 aromatic carbocycles. The van der Waals surface area contributed by atoms with Crippen LogP contribution in [0.1, 0.15) is 13.3 Å². The molecule has 8 heteroatoms. The zero-order valence-corrected chi connectivity index (χ0v) is 8.35. The summed E-state index contributed by atoms with van der Waals surface area (Å²) in [5, 5.41) is 8.34. The Morgan fingerprint density at radius 2 is 1.86 bits per heavy atom. The molecule has 1 unspecified atom stereocenters. The van der Waals surface area contributed by atoms with E-state index >= 15 is 0 Å². The number of carbonyl (C=O) groups excluding carboxylic acids is 1.